The van der Waals surface area contributed by atoms with Crippen LogP contribution in [0.1, 0.15) is 0 Å². The van der Waals surface area contributed by atoms with Gasteiger partial charge in [0.1, 0.15) is 0 Å². The van der Waals surface area contributed by atoms with Gasteiger partial charge in [-0.2, -0.15) is 0 Å². The summed E-state index contributed by atoms with van der Waals surface area (Å²) in [5.41, 5.74) is 0.527. The minimum Gasteiger partial charge on any atom is -0.395 e. The molecule has 0 unspecified atom stereocenters. The van der Waals surface area contributed by atoms with Crippen molar-refractivity contribution in [3.8, 4) is 0 Å². The van der Waals surface area contributed by atoms with Gasteiger partial charge in [0, 0.05) is 6.54 Å². The highest BCUT2D eigenvalue weighted by Crippen LogP contribution is 2.18. The quantitative estimate of drug-likeness (QED) is 0.748. The molecular weight excluding hydrogens is 210 g/mol. The Morgan fingerprint density at radius 2 is 2.00 bits per heavy atom. The number of hydrogen-bond donors (Lipinski definition) is 2. The van der Waals surface area contributed by atoms with E-state index in [1.807, 2.05) is 0 Å². The zero-order chi connectivity index (χ0) is 9.97. The molecule has 0 bridgehead atoms. The fraction of sp³-hybridized carbons (Fsp3) is 0.333. The summed E-state index contributed by atoms with van der Waals surface area (Å²) in [6, 6.07) is 0. The van der Waals surface area contributed by atoms with Gasteiger partial charge < -0.3 is 10.4 Å². The van der Waals surface area contributed by atoms with Crippen LogP contribution in [0.2, 0.25) is 5.15 Å². The number of nitrogens with zero attached hydrogens (tertiary/aromatic N) is 4. The summed E-state index contributed by atoms with van der Waals surface area (Å²) >= 11 is 5.77. The molecule has 2 rings (SSSR count). The summed E-state index contributed by atoms with van der Waals surface area (Å²) in [5, 5.41) is 18.5. The van der Waals surface area contributed by atoms with Crippen LogP contribution in [0.3, 0.4) is 0 Å². The SMILES string of the molecule is OCCNc1nc2nonc2nc1Cl. The maximum absolute atomic E-state index is 8.59. The highest BCUT2D eigenvalue weighted by atomic mass is 35.5. The third-order valence-electron chi connectivity index (χ3n) is 1.48. The largest absolute Gasteiger partial charge is 0.395 e. The van der Waals surface area contributed by atoms with Crippen molar-refractivity contribution < 1.29 is 9.74 Å². The molecule has 0 fully saturated rings. The van der Waals surface area contributed by atoms with Crippen LogP contribution in [-0.2, 0) is 0 Å². The number of aliphatic hydroxyl groups excluding tert-OH is 1. The van der Waals surface area contributed by atoms with Crippen molar-refractivity contribution in [1.29, 1.82) is 0 Å². The topological polar surface area (TPSA) is 97.0 Å². The van der Waals surface area contributed by atoms with Gasteiger partial charge >= 0.3 is 0 Å². The van der Waals surface area contributed by atoms with Crippen LogP contribution in [0, 0.1) is 0 Å². The molecule has 7 nitrogen and oxygen atoms in total. The Balaban J connectivity index is 2.38. The predicted molar refractivity (Wildman–Crippen MR) is 48.0 cm³/mol. The van der Waals surface area contributed by atoms with E-state index >= 15 is 0 Å². The summed E-state index contributed by atoms with van der Waals surface area (Å²) in [4.78, 5) is 7.87. The van der Waals surface area contributed by atoms with Gasteiger partial charge in [-0.3, -0.25) is 0 Å². The second kappa shape index (κ2) is 3.72. The first-order chi connectivity index (χ1) is 6.81. The maximum Gasteiger partial charge on any atom is 0.245 e. The van der Waals surface area contributed by atoms with Crippen LogP contribution in [-0.4, -0.2) is 38.5 Å². The van der Waals surface area contributed by atoms with Gasteiger partial charge in [0.25, 0.3) is 0 Å². The van der Waals surface area contributed by atoms with Gasteiger partial charge in [-0.25, -0.2) is 14.6 Å². The first kappa shape index (κ1) is 9.10. The molecule has 74 valence electrons. The second-order valence-corrected chi connectivity index (χ2v) is 2.78. The lowest BCUT2D eigenvalue weighted by atomic mass is 10.6. The third kappa shape index (κ3) is 1.59. The molecule has 8 heteroatoms. The summed E-state index contributed by atoms with van der Waals surface area (Å²) in [5.74, 6) is 0.351. The Hall–Kier alpha value is -1.47. The minimum atomic E-state index is -0.0207. The first-order valence-electron chi connectivity index (χ1n) is 3.82. The molecule has 0 aliphatic heterocycles. The van der Waals surface area contributed by atoms with Gasteiger partial charge in [0.15, 0.2) is 11.0 Å². The van der Waals surface area contributed by atoms with E-state index in [0.29, 0.717) is 12.4 Å². The molecule has 0 atom stereocenters. The lowest BCUT2D eigenvalue weighted by Crippen LogP contribution is -2.08. The Morgan fingerprint density at radius 1 is 1.29 bits per heavy atom. The highest BCUT2D eigenvalue weighted by molar-refractivity contribution is 6.32. The number of hydrogen-bond acceptors (Lipinski definition) is 7. The summed E-state index contributed by atoms with van der Waals surface area (Å²) < 4.78 is 4.42. The molecule has 0 aliphatic rings. The molecule has 14 heavy (non-hydrogen) atoms. The lowest BCUT2D eigenvalue weighted by Gasteiger charge is -2.02. The molecule has 0 radical (unpaired) electrons. The van der Waals surface area contributed by atoms with Gasteiger partial charge in [0.05, 0.1) is 6.61 Å². The molecule has 0 aromatic carbocycles. The zero-order valence-electron chi connectivity index (χ0n) is 6.94. The van der Waals surface area contributed by atoms with Crippen molar-refractivity contribution in [2.24, 2.45) is 0 Å². The van der Waals surface area contributed by atoms with Gasteiger partial charge in [-0.05, 0) is 10.3 Å². The zero-order valence-corrected chi connectivity index (χ0v) is 7.69. The van der Waals surface area contributed by atoms with Crippen molar-refractivity contribution in [1.82, 2.24) is 20.3 Å². The number of rotatable bonds is 3. The van der Waals surface area contributed by atoms with Crippen LogP contribution < -0.4 is 5.32 Å². The maximum atomic E-state index is 8.59. The number of aliphatic hydroxyl groups is 1. The van der Waals surface area contributed by atoms with Crippen molar-refractivity contribution >= 4 is 28.7 Å². The molecule has 0 saturated carbocycles. The minimum absolute atomic E-state index is 0.0207. The summed E-state index contributed by atoms with van der Waals surface area (Å²) in [6.45, 7) is 0.318. The Kier molecular flexibility index (Phi) is 2.42. The highest BCUT2D eigenvalue weighted by Gasteiger charge is 2.09. The fourth-order valence-corrected chi connectivity index (χ4v) is 1.09. The van der Waals surface area contributed by atoms with E-state index in [-0.39, 0.29) is 23.1 Å². The van der Waals surface area contributed by atoms with E-state index < -0.39 is 0 Å². The lowest BCUT2D eigenvalue weighted by molar-refractivity contribution is 0.311. The van der Waals surface area contributed by atoms with Crippen molar-refractivity contribution in [2.45, 2.75) is 0 Å². The summed E-state index contributed by atoms with van der Waals surface area (Å²) in [7, 11) is 0. The van der Waals surface area contributed by atoms with Gasteiger partial charge in [-0.1, -0.05) is 11.6 Å². The van der Waals surface area contributed by atoms with Gasteiger partial charge in [0.2, 0.25) is 11.3 Å². The molecule has 2 N–H and O–H groups in total. The molecule has 0 saturated heterocycles. The van der Waals surface area contributed by atoms with Gasteiger partial charge in [-0.15, -0.1) is 0 Å². The first-order valence-corrected chi connectivity index (χ1v) is 4.19. The van der Waals surface area contributed by atoms with E-state index in [9.17, 15) is 0 Å². The number of halogens is 1. The molecule has 2 aromatic rings. The molecule has 0 amide bonds. The monoisotopic (exact) mass is 215 g/mol. The Bertz CT molecular complexity index is 445. The molecular formula is C6H6ClN5O2. The molecule has 0 spiro atoms. The van der Waals surface area contributed by atoms with Crippen molar-refractivity contribution in [3.63, 3.8) is 0 Å². The average molecular weight is 216 g/mol. The molecule has 0 aliphatic carbocycles. The van der Waals surface area contributed by atoms with Crippen LogP contribution in [0.25, 0.3) is 11.3 Å². The third-order valence-corrected chi connectivity index (χ3v) is 1.74. The van der Waals surface area contributed by atoms with E-state index in [0.717, 1.165) is 0 Å². The number of nitrogens with one attached hydrogen (secondary N) is 1. The number of fused-ring (bicyclic) bond motifs is 1. The smallest absolute Gasteiger partial charge is 0.245 e. The predicted octanol–water partition coefficient (Wildman–Crippen LogP) is 0.0704. The van der Waals surface area contributed by atoms with E-state index in [1.165, 1.54) is 0 Å². The van der Waals surface area contributed by atoms with Crippen LogP contribution in [0.5, 0.6) is 0 Å². The summed E-state index contributed by atoms with van der Waals surface area (Å²) in [6.07, 6.45) is 0. The standard InChI is InChI=1S/C6H6ClN5O2/c7-3-4(8-1-2-13)10-6-5(9-3)11-14-12-6/h13H,1-2H2,(H,8,10,12). The average Bonchev–Trinajstić information content (AvgIpc) is 2.61. The van der Waals surface area contributed by atoms with E-state index in [4.69, 9.17) is 16.7 Å². The second-order valence-electron chi connectivity index (χ2n) is 2.42. The Labute approximate surface area is 83.1 Å². The Morgan fingerprint density at radius 3 is 2.71 bits per heavy atom. The van der Waals surface area contributed by atoms with Crippen LogP contribution in [0.15, 0.2) is 4.63 Å². The van der Waals surface area contributed by atoms with Crippen molar-refractivity contribution in [2.75, 3.05) is 18.5 Å². The van der Waals surface area contributed by atoms with Crippen molar-refractivity contribution in [3.05, 3.63) is 5.15 Å². The normalized spacial score (nSPS) is 10.7. The number of anilines is 1. The molecule has 2 heterocycles. The van der Waals surface area contributed by atoms with Crippen LogP contribution in [0.4, 0.5) is 5.82 Å². The fourth-order valence-electron chi connectivity index (χ4n) is 0.905. The molecule has 2 aromatic heterocycles. The number of aromatic nitrogens is 4. The van der Waals surface area contributed by atoms with Crippen LogP contribution >= 0.6 is 11.6 Å². The van der Waals surface area contributed by atoms with E-state index in [2.05, 4.69) is 30.2 Å². The van der Waals surface area contributed by atoms with E-state index in [1.54, 1.807) is 0 Å².